The summed E-state index contributed by atoms with van der Waals surface area (Å²) in [7, 11) is -16.9. The molecule has 17 nitrogen and oxygen atoms in total. The van der Waals surface area contributed by atoms with Crippen LogP contribution >= 0.6 is 35.1 Å². The Morgan fingerprint density at radius 3 is 2.32 bits per heavy atom. The third-order valence-corrected chi connectivity index (χ3v) is 7.98. The van der Waals surface area contributed by atoms with Gasteiger partial charge in [0.1, 0.15) is 23.6 Å². The zero-order valence-corrected chi connectivity index (χ0v) is 18.4. The van der Waals surface area contributed by atoms with Gasteiger partial charge in [-0.2, -0.15) is 13.6 Å². The molecule has 6 atom stereocenters. The Balaban J connectivity index is 2.20. The summed E-state index contributed by atoms with van der Waals surface area (Å²) in [5, 5.41) is 20.6. The largest absolute Gasteiger partial charge is 0.490 e. The van der Waals surface area contributed by atoms with Crippen molar-refractivity contribution in [3.05, 3.63) is 22.7 Å². The van der Waals surface area contributed by atoms with E-state index >= 15 is 0 Å². The van der Waals surface area contributed by atoms with E-state index in [1.54, 1.807) is 0 Å². The van der Waals surface area contributed by atoms with Crippen molar-refractivity contribution in [2.75, 3.05) is 18.2 Å². The van der Waals surface area contributed by atoms with E-state index < -0.39 is 65.7 Å². The molecule has 1 aromatic heterocycles. The number of aliphatic hydroxyl groups is 2. The normalized spacial score (nSPS) is 30.6. The molecule has 0 spiro atoms. The van der Waals surface area contributed by atoms with Gasteiger partial charge in [0.25, 0.3) is 0 Å². The predicted octanol–water partition coefficient (Wildman–Crippen LogP) is -1.60. The Hall–Kier alpha value is -0.740. The van der Waals surface area contributed by atoms with Crippen LogP contribution in [-0.2, 0) is 31.6 Å². The van der Waals surface area contributed by atoms with Crippen molar-refractivity contribution < 1.29 is 61.4 Å². The molecule has 31 heavy (non-hydrogen) atoms. The molecule has 1 saturated heterocycles. The second-order valence-electron chi connectivity index (χ2n) is 6.05. The average Bonchev–Trinajstić information content (AvgIpc) is 2.82. The Kier molecular flexibility index (Phi) is 7.91. The molecule has 0 bridgehead atoms. The van der Waals surface area contributed by atoms with Crippen LogP contribution in [0.2, 0.25) is 0 Å². The fraction of sp³-hybridized carbons (Fsp3) is 0.600. The lowest BCUT2D eigenvalue weighted by Gasteiger charge is -2.30. The standard InChI is InChI=1S/C10H17ClN3O14P3/c11-3-10(4-25-30(21,22)28-31(23,24)27-29(18,19)20)7(16)6(15)8(26-10)14-2-1-5(12)13-9(14)17/h1-2,6-8,15-16H,3-4H2,(H,21,22)(H,23,24)(H2,12,13,17)(H2,18,19,20)/t6-,7+,8?,10-/m1/s1. The van der Waals surface area contributed by atoms with E-state index in [4.69, 9.17) is 36.8 Å². The fourth-order valence-corrected chi connectivity index (χ4v) is 5.83. The average molecular weight is 532 g/mol. The maximum absolute atomic E-state index is 12.0. The molecule has 21 heteroatoms. The van der Waals surface area contributed by atoms with E-state index in [1.807, 2.05) is 0 Å². The molecule has 1 aliphatic heterocycles. The minimum atomic E-state index is -5.78. The summed E-state index contributed by atoms with van der Waals surface area (Å²) in [5.74, 6) is -0.847. The summed E-state index contributed by atoms with van der Waals surface area (Å²) >= 11 is 5.75. The Bertz CT molecular complexity index is 1020. The number of rotatable bonds is 9. The first-order chi connectivity index (χ1) is 14.0. The SMILES string of the molecule is Nc1ccn(C2O[C@](CCl)(COP(=O)(O)OP(=O)(O)OP(=O)(O)O)[C@@H](O)[C@H]2O)c(=O)n1. The number of anilines is 1. The number of phosphoric ester groups is 1. The van der Waals surface area contributed by atoms with E-state index in [0.717, 1.165) is 10.8 Å². The quantitative estimate of drug-likeness (QED) is 0.139. The van der Waals surface area contributed by atoms with Crippen molar-refractivity contribution in [1.82, 2.24) is 9.55 Å². The molecule has 2 heterocycles. The number of halogens is 1. The molecule has 3 unspecified atom stereocenters. The van der Waals surface area contributed by atoms with Crippen molar-refractivity contribution >= 4 is 40.9 Å². The monoisotopic (exact) mass is 531 g/mol. The van der Waals surface area contributed by atoms with Gasteiger partial charge in [-0.25, -0.2) is 18.5 Å². The Morgan fingerprint density at radius 2 is 1.81 bits per heavy atom. The zero-order chi connectivity index (χ0) is 23.8. The third kappa shape index (κ3) is 6.63. The number of nitrogens with two attached hydrogens (primary N) is 1. The number of phosphoric acid groups is 3. The number of nitrogen functional groups attached to an aromatic ring is 1. The molecule has 0 radical (unpaired) electrons. The minimum absolute atomic E-state index is 0.148. The highest BCUT2D eigenvalue weighted by Gasteiger charge is 2.56. The zero-order valence-electron chi connectivity index (χ0n) is 14.9. The van der Waals surface area contributed by atoms with Crippen LogP contribution in [0.15, 0.2) is 17.1 Å². The van der Waals surface area contributed by atoms with E-state index in [0.29, 0.717) is 0 Å². The van der Waals surface area contributed by atoms with Gasteiger partial charge in [-0.1, -0.05) is 0 Å². The number of hydrogen-bond acceptors (Lipinski definition) is 12. The second kappa shape index (κ2) is 9.25. The molecule has 1 aromatic rings. The predicted molar refractivity (Wildman–Crippen MR) is 98.3 cm³/mol. The first-order valence-electron chi connectivity index (χ1n) is 7.74. The molecular formula is C10H17ClN3O14P3. The van der Waals surface area contributed by atoms with Gasteiger partial charge >= 0.3 is 29.2 Å². The number of ether oxygens (including phenoxy) is 1. The number of aliphatic hydroxyl groups excluding tert-OH is 2. The topological polar surface area (TPSA) is 270 Å². The maximum Gasteiger partial charge on any atom is 0.490 e. The highest BCUT2D eigenvalue weighted by molar-refractivity contribution is 7.66. The van der Waals surface area contributed by atoms with Crippen molar-refractivity contribution in [2.24, 2.45) is 0 Å². The van der Waals surface area contributed by atoms with Crippen LogP contribution in [0, 0.1) is 0 Å². The number of hydrogen-bond donors (Lipinski definition) is 7. The maximum atomic E-state index is 12.0. The Labute approximate surface area is 177 Å². The van der Waals surface area contributed by atoms with Crippen molar-refractivity contribution in [1.29, 1.82) is 0 Å². The van der Waals surface area contributed by atoms with Crippen LogP contribution in [0.25, 0.3) is 0 Å². The lowest BCUT2D eigenvalue weighted by Crippen LogP contribution is -2.48. The number of nitrogens with zero attached hydrogens (tertiary/aromatic N) is 2. The van der Waals surface area contributed by atoms with Crippen LogP contribution in [0.4, 0.5) is 5.82 Å². The summed E-state index contributed by atoms with van der Waals surface area (Å²) in [5.41, 5.74) is 2.23. The van der Waals surface area contributed by atoms with E-state index in [2.05, 4.69) is 18.1 Å². The third-order valence-electron chi connectivity index (χ3n) is 3.75. The molecule has 2 rings (SSSR count). The van der Waals surface area contributed by atoms with Crippen molar-refractivity contribution in [3.8, 4) is 0 Å². The highest BCUT2D eigenvalue weighted by atomic mass is 35.5. The van der Waals surface area contributed by atoms with E-state index in [9.17, 15) is 33.6 Å². The molecule has 1 aliphatic rings. The number of aromatic nitrogens is 2. The highest BCUT2D eigenvalue weighted by Crippen LogP contribution is 2.66. The van der Waals surface area contributed by atoms with Crippen LogP contribution in [-0.4, -0.2) is 69.6 Å². The van der Waals surface area contributed by atoms with Crippen LogP contribution in [0.5, 0.6) is 0 Å². The summed E-state index contributed by atoms with van der Waals surface area (Å²) in [6.45, 7) is -1.16. The Morgan fingerprint density at radius 1 is 1.19 bits per heavy atom. The lowest BCUT2D eigenvalue weighted by atomic mass is 9.98. The minimum Gasteiger partial charge on any atom is -0.387 e. The molecule has 0 amide bonds. The molecular weight excluding hydrogens is 514 g/mol. The van der Waals surface area contributed by atoms with Gasteiger partial charge in [0.2, 0.25) is 0 Å². The molecule has 0 aromatic carbocycles. The number of alkyl halides is 1. The summed E-state index contributed by atoms with van der Waals surface area (Å²) in [6, 6.07) is 1.18. The van der Waals surface area contributed by atoms with E-state index in [1.165, 1.54) is 6.07 Å². The molecule has 0 saturated carbocycles. The lowest BCUT2D eigenvalue weighted by molar-refractivity contribution is -0.113. The van der Waals surface area contributed by atoms with Crippen LogP contribution in [0.3, 0.4) is 0 Å². The first kappa shape index (κ1) is 26.5. The molecule has 8 N–H and O–H groups in total. The fourth-order valence-electron chi connectivity index (χ4n) is 2.45. The second-order valence-corrected chi connectivity index (χ2v) is 10.7. The van der Waals surface area contributed by atoms with Crippen LogP contribution < -0.4 is 11.4 Å². The van der Waals surface area contributed by atoms with Crippen molar-refractivity contribution in [2.45, 2.75) is 24.0 Å². The van der Waals surface area contributed by atoms with Gasteiger partial charge in [-0.05, 0) is 6.07 Å². The smallest absolute Gasteiger partial charge is 0.387 e. The summed E-state index contributed by atoms with van der Waals surface area (Å²) in [4.78, 5) is 51.1. The molecule has 0 aliphatic carbocycles. The van der Waals surface area contributed by atoms with Gasteiger partial charge in [0, 0.05) is 6.20 Å². The van der Waals surface area contributed by atoms with Crippen molar-refractivity contribution in [3.63, 3.8) is 0 Å². The van der Waals surface area contributed by atoms with Gasteiger partial charge < -0.3 is 40.3 Å². The van der Waals surface area contributed by atoms with E-state index in [-0.39, 0.29) is 5.82 Å². The molecule has 178 valence electrons. The summed E-state index contributed by atoms with van der Waals surface area (Å²) < 4.78 is 51.5. The molecule has 1 fully saturated rings. The van der Waals surface area contributed by atoms with Gasteiger partial charge in [-0.3, -0.25) is 9.09 Å². The first-order valence-corrected chi connectivity index (χ1v) is 12.8. The van der Waals surface area contributed by atoms with Gasteiger partial charge in [-0.15, -0.1) is 11.6 Å². The summed E-state index contributed by atoms with van der Waals surface area (Å²) in [6.07, 6.45) is -4.27. The van der Waals surface area contributed by atoms with Gasteiger partial charge in [0.05, 0.1) is 12.5 Å². The van der Waals surface area contributed by atoms with Crippen LogP contribution in [0.1, 0.15) is 6.23 Å². The van der Waals surface area contributed by atoms with Gasteiger partial charge in [0.15, 0.2) is 6.23 Å².